The van der Waals surface area contributed by atoms with E-state index >= 15 is 0 Å². The molecule has 2 aliphatic rings. The van der Waals surface area contributed by atoms with E-state index < -0.39 is 5.60 Å². The van der Waals surface area contributed by atoms with Gasteiger partial charge < -0.3 is 25.4 Å². The van der Waals surface area contributed by atoms with Gasteiger partial charge in [-0.25, -0.2) is 0 Å². The summed E-state index contributed by atoms with van der Waals surface area (Å²) in [7, 11) is 0. The lowest BCUT2D eigenvalue weighted by molar-refractivity contribution is 0.0417. The number of ether oxygens (including phenoxy) is 1. The molecule has 26 heavy (non-hydrogen) atoms. The van der Waals surface area contributed by atoms with Gasteiger partial charge in [0.15, 0.2) is 5.96 Å². The fraction of sp³-hybridized carbons (Fsp3) is 0.947. The van der Waals surface area contributed by atoms with Crippen molar-refractivity contribution in [3.8, 4) is 0 Å². The predicted octanol–water partition coefficient (Wildman–Crippen LogP) is 2.21. The van der Waals surface area contributed by atoms with Gasteiger partial charge in [-0.2, -0.15) is 0 Å². The summed E-state index contributed by atoms with van der Waals surface area (Å²) >= 11 is 0. The lowest BCUT2D eigenvalue weighted by Gasteiger charge is -2.34. The van der Waals surface area contributed by atoms with E-state index in [0.29, 0.717) is 12.6 Å². The van der Waals surface area contributed by atoms with Crippen molar-refractivity contribution in [3.63, 3.8) is 0 Å². The zero-order valence-electron chi connectivity index (χ0n) is 16.8. The van der Waals surface area contributed by atoms with Crippen LogP contribution in [-0.4, -0.2) is 73.5 Å². The molecule has 2 saturated heterocycles. The van der Waals surface area contributed by atoms with E-state index in [4.69, 9.17) is 4.74 Å². The lowest BCUT2D eigenvalue weighted by atomic mass is 9.98. The van der Waals surface area contributed by atoms with Crippen LogP contribution in [0.4, 0.5) is 0 Å². The van der Waals surface area contributed by atoms with Crippen molar-refractivity contribution in [3.05, 3.63) is 0 Å². The Kier molecular flexibility index (Phi) is 11.4. The van der Waals surface area contributed by atoms with Crippen molar-refractivity contribution in [2.24, 2.45) is 10.9 Å². The molecular formula is C19H39IN4O2. The van der Waals surface area contributed by atoms with Crippen LogP contribution in [0.1, 0.15) is 52.9 Å². The van der Waals surface area contributed by atoms with E-state index in [0.717, 1.165) is 70.4 Å². The van der Waals surface area contributed by atoms with Gasteiger partial charge in [-0.05, 0) is 44.9 Å². The summed E-state index contributed by atoms with van der Waals surface area (Å²) < 4.78 is 5.49. The molecule has 0 aromatic rings. The van der Waals surface area contributed by atoms with Crippen LogP contribution in [0, 0.1) is 5.92 Å². The van der Waals surface area contributed by atoms with E-state index in [1.165, 1.54) is 13.0 Å². The highest BCUT2D eigenvalue weighted by molar-refractivity contribution is 14.0. The highest BCUT2D eigenvalue weighted by atomic mass is 127. The van der Waals surface area contributed by atoms with Gasteiger partial charge in [0.25, 0.3) is 0 Å². The van der Waals surface area contributed by atoms with Gasteiger partial charge in [-0.15, -0.1) is 24.0 Å². The van der Waals surface area contributed by atoms with E-state index in [9.17, 15) is 5.11 Å². The van der Waals surface area contributed by atoms with Crippen molar-refractivity contribution in [2.45, 2.75) is 64.5 Å². The van der Waals surface area contributed by atoms with Gasteiger partial charge >= 0.3 is 0 Å². The first-order valence-corrected chi connectivity index (χ1v) is 10.2. The van der Waals surface area contributed by atoms with Crippen LogP contribution < -0.4 is 10.6 Å². The third-order valence-electron chi connectivity index (χ3n) is 5.66. The topological polar surface area (TPSA) is 69.1 Å². The van der Waals surface area contributed by atoms with Crippen LogP contribution in [0.2, 0.25) is 0 Å². The quantitative estimate of drug-likeness (QED) is 0.281. The molecule has 154 valence electrons. The number of guanidine groups is 1. The number of piperidine rings is 1. The molecule has 0 aromatic carbocycles. The maximum absolute atomic E-state index is 10.4. The van der Waals surface area contributed by atoms with Gasteiger partial charge in [-0.1, -0.05) is 13.8 Å². The second-order valence-corrected chi connectivity index (χ2v) is 7.58. The largest absolute Gasteiger partial charge is 0.388 e. The van der Waals surface area contributed by atoms with Gasteiger partial charge in [0, 0.05) is 38.8 Å². The van der Waals surface area contributed by atoms with Crippen LogP contribution in [0.3, 0.4) is 0 Å². The number of aliphatic hydroxyl groups is 1. The minimum atomic E-state index is -0.685. The smallest absolute Gasteiger partial charge is 0.191 e. The molecule has 1 atom stereocenters. The van der Waals surface area contributed by atoms with Gasteiger partial charge in [0.2, 0.25) is 0 Å². The van der Waals surface area contributed by atoms with E-state index in [1.54, 1.807) is 0 Å². The molecule has 0 aliphatic carbocycles. The molecule has 0 aromatic heterocycles. The molecule has 2 fully saturated rings. The molecule has 1 unspecified atom stereocenters. The molecule has 7 heteroatoms. The van der Waals surface area contributed by atoms with E-state index in [-0.39, 0.29) is 24.0 Å². The number of nitrogens with one attached hydrogen (secondary N) is 2. The molecule has 0 radical (unpaired) electrons. The normalized spacial score (nSPS) is 22.9. The average Bonchev–Trinajstić information content (AvgIpc) is 3.14. The van der Waals surface area contributed by atoms with Crippen LogP contribution in [-0.2, 0) is 4.74 Å². The third-order valence-corrected chi connectivity index (χ3v) is 5.66. The second-order valence-electron chi connectivity index (χ2n) is 7.58. The summed E-state index contributed by atoms with van der Waals surface area (Å²) in [6.45, 7) is 12.7. The first kappa shape index (κ1) is 23.9. The Balaban J connectivity index is 0.00000338. The lowest BCUT2D eigenvalue weighted by Crippen LogP contribution is -2.49. The number of rotatable bonds is 8. The Morgan fingerprint density at radius 2 is 1.88 bits per heavy atom. The number of likely N-dealkylation sites (tertiary alicyclic amines) is 1. The Hall–Kier alpha value is -0.120. The van der Waals surface area contributed by atoms with E-state index in [1.807, 2.05) is 13.8 Å². The maximum Gasteiger partial charge on any atom is 0.191 e. The first-order valence-electron chi connectivity index (χ1n) is 10.2. The molecule has 0 amide bonds. The van der Waals surface area contributed by atoms with Gasteiger partial charge in [0.05, 0.1) is 18.8 Å². The fourth-order valence-corrected chi connectivity index (χ4v) is 3.57. The molecule has 2 heterocycles. The van der Waals surface area contributed by atoms with Crippen molar-refractivity contribution in [1.29, 1.82) is 0 Å². The Bertz CT molecular complexity index is 404. The minimum absolute atomic E-state index is 0. The SMILES string of the molecule is CCNC(=NCC(O)(CC)CC)NC1CCN(CC2CCOC2)CC1.I. The summed E-state index contributed by atoms with van der Waals surface area (Å²) in [5.41, 5.74) is -0.685. The highest BCUT2D eigenvalue weighted by Crippen LogP contribution is 2.18. The molecule has 6 nitrogen and oxygen atoms in total. The standard InChI is InChI=1S/C19H38N4O2.HI/c1-4-19(24,5-2)15-21-18(20-6-3)22-17-7-10-23(11-8-17)13-16-9-12-25-14-16;/h16-17,24H,4-15H2,1-3H3,(H2,20,21,22);1H. The molecule has 0 saturated carbocycles. The average molecular weight is 482 g/mol. The third kappa shape index (κ3) is 7.86. The number of nitrogens with zero attached hydrogens (tertiary/aromatic N) is 2. The summed E-state index contributed by atoms with van der Waals surface area (Å²) in [6.07, 6.45) is 4.96. The highest BCUT2D eigenvalue weighted by Gasteiger charge is 2.25. The van der Waals surface area contributed by atoms with Crippen molar-refractivity contribution < 1.29 is 9.84 Å². The molecule has 2 aliphatic heterocycles. The van der Waals surface area contributed by atoms with Crippen molar-refractivity contribution in [1.82, 2.24) is 15.5 Å². The molecular weight excluding hydrogens is 443 g/mol. The zero-order chi connectivity index (χ0) is 18.1. The molecule has 0 spiro atoms. The number of hydrogen-bond acceptors (Lipinski definition) is 4. The van der Waals surface area contributed by atoms with Crippen molar-refractivity contribution in [2.75, 3.05) is 45.9 Å². The fourth-order valence-electron chi connectivity index (χ4n) is 3.57. The summed E-state index contributed by atoms with van der Waals surface area (Å²) in [5, 5.41) is 17.3. The van der Waals surface area contributed by atoms with Gasteiger partial charge in [-0.3, -0.25) is 4.99 Å². The molecule has 2 rings (SSSR count). The second kappa shape index (κ2) is 12.4. The van der Waals surface area contributed by atoms with E-state index in [2.05, 4.69) is 27.4 Å². The Morgan fingerprint density at radius 1 is 1.19 bits per heavy atom. The monoisotopic (exact) mass is 482 g/mol. The summed E-state index contributed by atoms with van der Waals surface area (Å²) in [6, 6.07) is 0.463. The summed E-state index contributed by atoms with van der Waals surface area (Å²) in [4.78, 5) is 7.22. The minimum Gasteiger partial charge on any atom is -0.388 e. The van der Waals surface area contributed by atoms with Crippen LogP contribution in [0.15, 0.2) is 4.99 Å². The first-order chi connectivity index (χ1) is 12.1. The molecule has 0 bridgehead atoms. The maximum atomic E-state index is 10.4. The zero-order valence-corrected chi connectivity index (χ0v) is 19.1. The van der Waals surface area contributed by atoms with Crippen LogP contribution in [0.25, 0.3) is 0 Å². The predicted molar refractivity (Wildman–Crippen MR) is 118 cm³/mol. The number of halogens is 1. The Morgan fingerprint density at radius 3 is 2.42 bits per heavy atom. The number of aliphatic imine (C=N–C) groups is 1. The van der Waals surface area contributed by atoms with Crippen LogP contribution in [0.5, 0.6) is 0 Å². The van der Waals surface area contributed by atoms with Crippen molar-refractivity contribution >= 4 is 29.9 Å². The Labute approximate surface area is 176 Å². The van der Waals surface area contributed by atoms with Crippen LogP contribution >= 0.6 is 24.0 Å². The molecule has 3 N–H and O–H groups in total. The van der Waals surface area contributed by atoms with Gasteiger partial charge in [0.1, 0.15) is 0 Å². The summed E-state index contributed by atoms with van der Waals surface area (Å²) in [5.74, 6) is 1.56. The number of hydrogen-bond donors (Lipinski definition) is 3.